The van der Waals surface area contributed by atoms with Gasteiger partial charge in [-0.25, -0.2) is 0 Å². The molecule has 1 aromatic heterocycles. The van der Waals surface area contributed by atoms with Crippen LogP contribution in [0.5, 0.6) is 0 Å². The van der Waals surface area contributed by atoms with Gasteiger partial charge < -0.3 is 20.4 Å². The largest absolute Gasteiger partial charge is 0.451 e. The second-order valence-electron chi connectivity index (χ2n) is 6.19. The van der Waals surface area contributed by atoms with Crippen molar-refractivity contribution in [2.45, 2.75) is 38.8 Å². The number of nitrogens with one attached hydrogen (secondary N) is 1. The molecule has 25 heavy (non-hydrogen) atoms. The lowest BCUT2D eigenvalue weighted by molar-refractivity contribution is 0.0907. The molecule has 1 unspecified atom stereocenters. The average Bonchev–Trinajstić information content (AvgIpc) is 2.89. The van der Waals surface area contributed by atoms with Gasteiger partial charge in [0.1, 0.15) is 5.58 Å². The van der Waals surface area contributed by atoms with E-state index >= 15 is 0 Å². The number of para-hydroxylation sites is 1. The van der Waals surface area contributed by atoms with Crippen LogP contribution in [0.15, 0.2) is 28.7 Å². The van der Waals surface area contributed by atoms with Gasteiger partial charge in [-0.15, -0.1) is 24.8 Å². The summed E-state index contributed by atoms with van der Waals surface area (Å²) in [5.74, 6) is 0.222. The van der Waals surface area contributed by atoms with Crippen LogP contribution in [0.4, 0.5) is 0 Å². The van der Waals surface area contributed by atoms with Gasteiger partial charge in [0, 0.05) is 30.1 Å². The molecule has 0 saturated heterocycles. The van der Waals surface area contributed by atoms with Crippen LogP contribution in [-0.4, -0.2) is 37.5 Å². The predicted octanol–water partition coefficient (Wildman–Crippen LogP) is 3.59. The molecule has 0 aliphatic rings. The summed E-state index contributed by atoms with van der Waals surface area (Å²) in [7, 11) is 3.96. The maximum Gasteiger partial charge on any atom is 0.287 e. The summed E-state index contributed by atoms with van der Waals surface area (Å²) in [4.78, 5) is 14.7. The monoisotopic (exact) mass is 389 g/mol. The average molecular weight is 390 g/mol. The van der Waals surface area contributed by atoms with E-state index in [1.165, 1.54) is 0 Å². The SMILES string of the molecule is CCCCC(CN)NC(=O)c1oc2ccccc2c1CN(C)C.Cl.Cl. The van der Waals surface area contributed by atoms with Crippen molar-refractivity contribution < 1.29 is 9.21 Å². The zero-order valence-corrected chi connectivity index (χ0v) is 16.7. The summed E-state index contributed by atoms with van der Waals surface area (Å²) in [5, 5.41) is 4.01. The van der Waals surface area contributed by atoms with Crippen LogP contribution in [0.25, 0.3) is 11.0 Å². The second kappa shape index (κ2) is 11.4. The van der Waals surface area contributed by atoms with Gasteiger partial charge in [0.25, 0.3) is 5.91 Å². The Morgan fingerprint density at radius 1 is 1.28 bits per heavy atom. The van der Waals surface area contributed by atoms with E-state index in [4.69, 9.17) is 10.2 Å². The van der Waals surface area contributed by atoms with Gasteiger partial charge in [0.2, 0.25) is 0 Å². The van der Waals surface area contributed by atoms with Gasteiger partial charge >= 0.3 is 0 Å². The smallest absolute Gasteiger partial charge is 0.287 e. The molecule has 1 heterocycles. The minimum absolute atomic E-state index is 0. The zero-order valence-electron chi connectivity index (χ0n) is 15.1. The number of nitrogens with two attached hydrogens (primary N) is 1. The topological polar surface area (TPSA) is 71.5 Å². The third-order valence-electron chi connectivity index (χ3n) is 3.90. The zero-order chi connectivity index (χ0) is 16.8. The number of hydrogen-bond acceptors (Lipinski definition) is 4. The Kier molecular flexibility index (Phi) is 10.8. The van der Waals surface area contributed by atoms with E-state index in [1.54, 1.807) is 0 Å². The highest BCUT2D eigenvalue weighted by Crippen LogP contribution is 2.27. The predicted molar refractivity (Wildman–Crippen MR) is 108 cm³/mol. The highest BCUT2D eigenvalue weighted by molar-refractivity contribution is 5.99. The van der Waals surface area contributed by atoms with Crippen molar-refractivity contribution >= 4 is 41.7 Å². The van der Waals surface area contributed by atoms with Crippen LogP contribution in [-0.2, 0) is 6.54 Å². The van der Waals surface area contributed by atoms with Crippen LogP contribution >= 0.6 is 24.8 Å². The number of halogens is 2. The normalized spacial score (nSPS) is 11.7. The summed E-state index contributed by atoms with van der Waals surface area (Å²) in [6.45, 7) is 3.22. The van der Waals surface area contributed by atoms with E-state index in [0.717, 1.165) is 35.8 Å². The van der Waals surface area contributed by atoms with Crippen LogP contribution in [0.2, 0.25) is 0 Å². The molecule has 0 aliphatic heterocycles. The summed E-state index contributed by atoms with van der Waals surface area (Å²) >= 11 is 0. The van der Waals surface area contributed by atoms with Crippen molar-refractivity contribution in [3.8, 4) is 0 Å². The Morgan fingerprint density at radius 2 is 1.96 bits per heavy atom. The minimum atomic E-state index is -0.176. The molecule has 7 heteroatoms. The van der Waals surface area contributed by atoms with Gasteiger partial charge in [-0.3, -0.25) is 4.79 Å². The standard InChI is InChI=1S/C18H27N3O2.2ClH/c1-4-5-8-13(11-19)20-18(22)17-15(12-21(2)3)14-9-6-7-10-16(14)23-17;;/h6-7,9-10,13H,4-5,8,11-12,19H2,1-3H3,(H,20,22);2*1H. The number of unbranched alkanes of at least 4 members (excludes halogenated alkanes) is 1. The first-order valence-electron chi connectivity index (χ1n) is 8.22. The minimum Gasteiger partial charge on any atom is -0.451 e. The van der Waals surface area contributed by atoms with Crippen molar-refractivity contribution in [3.63, 3.8) is 0 Å². The lowest BCUT2D eigenvalue weighted by Gasteiger charge is -2.16. The number of benzene rings is 1. The molecule has 0 fully saturated rings. The quantitative estimate of drug-likeness (QED) is 0.723. The van der Waals surface area contributed by atoms with E-state index in [1.807, 2.05) is 43.3 Å². The number of carbonyl (C=O) groups excluding carboxylic acids is 1. The number of furan rings is 1. The number of hydrogen-bond donors (Lipinski definition) is 2. The van der Waals surface area contributed by atoms with Crippen LogP contribution in [0.3, 0.4) is 0 Å². The Bertz CT molecular complexity index is 659. The molecule has 0 saturated carbocycles. The van der Waals surface area contributed by atoms with Crippen LogP contribution in [0.1, 0.15) is 42.3 Å². The van der Waals surface area contributed by atoms with Crippen molar-refractivity contribution in [2.24, 2.45) is 5.73 Å². The fourth-order valence-corrected chi connectivity index (χ4v) is 2.71. The first-order valence-corrected chi connectivity index (χ1v) is 8.22. The number of fused-ring (bicyclic) bond motifs is 1. The van der Waals surface area contributed by atoms with Gasteiger partial charge in [-0.2, -0.15) is 0 Å². The van der Waals surface area contributed by atoms with Crippen molar-refractivity contribution in [2.75, 3.05) is 20.6 Å². The molecule has 0 bridgehead atoms. The summed E-state index contributed by atoms with van der Waals surface area (Å²) in [6.07, 6.45) is 3.03. The lowest BCUT2D eigenvalue weighted by atomic mass is 10.1. The van der Waals surface area contributed by atoms with Gasteiger partial charge in [-0.1, -0.05) is 38.0 Å². The molecule has 0 spiro atoms. The van der Waals surface area contributed by atoms with E-state index in [0.29, 0.717) is 18.8 Å². The highest BCUT2D eigenvalue weighted by Gasteiger charge is 2.22. The Labute approximate surface area is 162 Å². The third-order valence-corrected chi connectivity index (χ3v) is 3.90. The molecule has 3 N–H and O–H groups in total. The van der Waals surface area contributed by atoms with Gasteiger partial charge in [0.15, 0.2) is 5.76 Å². The fourth-order valence-electron chi connectivity index (χ4n) is 2.71. The first-order chi connectivity index (χ1) is 11.1. The molecule has 1 amide bonds. The maximum atomic E-state index is 12.7. The van der Waals surface area contributed by atoms with E-state index in [9.17, 15) is 4.79 Å². The molecular formula is C18H29Cl2N3O2. The second-order valence-corrected chi connectivity index (χ2v) is 6.19. The Balaban J connectivity index is 0.00000288. The molecular weight excluding hydrogens is 361 g/mol. The molecule has 5 nitrogen and oxygen atoms in total. The molecule has 0 aliphatic carbocycles. The highest BCUT2D eigenvalue weighted by atomic mass is 35.5. The number of carbonyl (C=O) groups is 1. The maximum absolute atomic E-state index is 12.7. The number of nitrogens with zero attached hydrogens (tertiary/aromatic N) is 1. The number of amides is 1. The van der Waals surface area contributed by atoms with E-state index in [-0.39, 0.29) is 36.8 Å². The molecule has 0 radical (unpaired) electrons. The summed E-state index contributed by atoms with van der Waals surface area (Å²) in [5.41, 5.74) is 7.45. The van der Waals surface area contributed by atoms with Crippen LogP contribution in [0, 0.1) is 0 Å². The third kappa shape index (κ3) is 6.19. The van der Waals surface area contributed by atoms with Crippen molar-refractivity contribution in [1.82, 2.24) is 10.2 Å². The van der Waals surface area contributed by atoms with Crippen molar-refractivity contribution in [1.29, 1.82) is 0 Å². The van der Waals surface area contributed by atoms with E-state index in [2.05, 4.69) is 12.2 Å². The van der Waals surface area contributed by atoms with Crippen LogP contribution < -0.4 is 11.1 Å². The first kappa shape index (κ1) is 23.7. The van der Waals surface area contributed by atoms with Crippen molar-refractivity contribution in [3.05, 3.63) is 35.6 Å². The summed E-state index contributed by atoms with van der Waals surface area (Å²) < 4.78 is 5.83. The Hall–Kier alpha value is -1.27. The van der Waals surface area contributed by atoms with Gasteiger partial charge in [-0.05, 0) is 26.6 Å². The summed E-state index contributed by atoms with van der Waals surface area (Å²) in [6, 6.07) is 7.75. The fraction of sp³-hybridized carbons (Fsp3) is 0.500. The van der Waals surface area contributed by atoms with E-state index < -0.39 is 0 Å². The molecule has 2 aromatic rings. The Morgan fingerprint density at radius 3 is 2.56 bits per heavy atom. The molecule has 2 rings (SSSR count). The molecule has 1 atom stereocenters. The van der Waals surface area contributed by atoms with Gasteiger partial charge in [0.05, 0.1) is 0 Å². The molecule has 142 valence electrons. The number of rotatable bonds is 8. The lowest BCUT2D eigenvalue weighted by Crippen LogP contribution is -2.40. The molecule has 1 aromatic carbocycles.